The lowest BCUT2D eigenvalue weighted by molar-refractivity contribution is 0.166. The minimum atomic E-state index is -0.308. The van der Waals surface area contributed by atoms with E-state index < -0.39 is 0 Å². The molecule has 36 heteroatoms. The second-order valence-electron chi connectivity index (χ2n) is 38.3. The Kier molecular flexibility index (Phi) is 25.8. The van der Waals surface area contributed by atoms with E-state index in [0.717, 1.165) is 236 Å². The topological polar surface area (TPSA) is 397 Å². The van der Waals surface area contributed by atoms with Gasteiger partial charge in [0.05, 0.1) is 90.5 Å². The summed E-state index contributed by atoms with van der Waals surface area (Å²) in [7, 11) is 4.06. The van der Waals surface area contributed by atoms with Crippen molar-refractivity contribution in [1.82, 2.24) is 150 Å². The molecule has 2 saturated heterocycles. The van der Waals surface area contributed by atoms with Gasteiger partial charge in [0, 0.05) is 229 Å². The molecule has 20 aromatic heterocycles. The molecule has 2 aliphatic heterocycles. The summed E-state index contributed by atoms with van der Waals surface area (Å²) in [6.45, 7) is 16.1. The summed E-state index contributed by atoms with van der Waals surface area (Å²) < 4.78 is 58.3. The molecule has 4 aromatic carbocycles. The van der Waals surface area contributed by atoms with Crippen LogP contribution in [0.1, 0.15) is 77.8 Å². The second-order valence-corrected chi connectivity index (χ2v) is 38.3. The van der Waals surface area contributed by atoms with Crippen LogP contribution in [0.15, 0.2) is 270 Å². The zero-order valence-corrected chi connectivity index (χ0v) is 82.2. The first kappa shape index (κ1) is 94.3. The highest BCUT2D eigenvalue weighted by atomic mass is 19.1. The van der Waals surface area contributed by atoms with Crippen molar-refractivity contribution in [3.8, 4) is 135 Å². The van der Waals surface area contributed by atoms with Crippen LogP contribution in [0.2, 0.25) is 0 Å². The van der Waals surface area contributed by atoms with Gasteiger partial charge < -0.3 is 34.6 Å². The van der Waals surface area contributed by atoms with Crippen LogP contribution in [0.25, 0.3) is 223 Å². The number of pyridine rings is 12. The Morgan fingerprint density at radius 1 is 0.315 bits per heavy atom. The van der Waals surface area contributed by atoms with Crippen molar-refractivity contribution in [3.05, 3.63) is 304 Å². The third-order valence-corrected chi connectivity index (χ3v) is 27.1. The zero-order chi connectivity index (χ0) is 101. The molecule has 0 spiro atoms. The molecule has 2 aliphatic rings. The Balaban J connectivity index is 0.000000109. The molecular weight excluding hydrogens is 1880 g/mol. The number of piperidine rings is 2. The summed E-state index contributed by atoms with van der Waals surface area (Å²) >= 11 is 0. The standard InChI is InChI=1S/C30H29FN8.C29H25FN8.C28H23FN8.C26H21FN8/c1-17(2)39(18(3)4)16-19-8-21(10-23(31)9-19)25-14-33-15-26-27(25)36-30(35-26)28-24-11-22(13-34-29(24)38-37-28)20-6-5-7-32-12-20;1-17-4-7-38(8-5-17)22-10-19(9-21(30)12-22)24-15-32-16-25-26(24)35-29(34-25)27-23-11-20(14-33-28(23)37-36-27)18-3-2-6-31-13-18;29-20-9-18(10-21(12-20)37-7-2-1-3-8-37)23-15-31-16-24-25(23)34-28(33-24)26-22-11-19(14-32-27(22)36-35-26)17-5-4-6-30-13-17;1-35(2)14-15-6-17(10-28-9-15)18-8-20-24(33-34-25(20)30-11-18)26-31-22-13-29-12-21(23(22)32-26)16-4-3-5-19(27)7-16/h5-15,17-18H,16H2,1-4H3,(H,35,36)(H,34,37,38);2-3,6,9-17H,4-5,7-8H2,1H3,(H,34,35)(H,33,36,37);4-6,9-16H,1-3,7-8H2,(H,33,34)(H,32,35,36);3-13H,14H2,1-2H3,(H,31,32)(H,30,33,34). The normalized spacial score (nSPS) is 13.1. The Morgan fingerprint density at radius 2 is 0.658 bits per heavy atom. The number of hydrogen-bond acceptors (Lipinski definition) is 24. The maximum Gasteiger partial charge on any atom is 0.181 e. The number of anilines is 2. The number of nitrogens with zero attached hydrogens (tertiary/aromatic N) is 24. The Morgan fingerprint density at radius 3 is 1.04 bits per heavy atom. The number of aromatic amines is 8. The van der Waals surface area contributed by atoms with Crippen molar-refractivity contribution >= 4 is 99.6 Å². The predicted octanol–water partition coefficient (Wildman–Crippen LogP) is 23.0. The quantitative estimate of drug-likeness (QED) is 0.0329. The summed E-state index contributed by atoms with van der Waals surface area (Å²) in [5.74, 6) is 2.02. The molecule has 26 rings (SSSR count). The van der Waals surface area contributed by atoms with Crippen LogP contribution < -0.4 is 9.80 Å². The maximum absolute atomic E-state index is 14.9. The molecule has 8 N–H and O–H groups in total. The minimum absolute atomic E-state index is 0.264. The fourth-order valence-electron chi connectivity index (χ4n) is 19.7. The summed E-state index contributed by atoms with van der Waals surface area (Å²) in [6.07, 6.45) is 41.0. The van der Waals surface area contributed by atoms with Gasteiger partial charge in [-0.2, -0.15) is 20.4 Å². The van der Waals surface area contributed by atoms with Gasteiger partial charge >= 0.3 is 0 Å². The van der Waals surface area contributed by atoms with E-state index in [2.05, 4.69) is 181 Å². The van der Waals surface area contributed by atoms with Crippen LogP contribution in [-0.2, 0) is 13.1 Å². The van der Waals surface area contributed by atoms with Crippen molar-refractivity contribution < 1.29 is 17.6 Å². The largest absolute Gasteiger partial charge is 0.371 e. The fourth-order valence-corrected chi connectivity index (χ4v) is 19.7. The molecule has 2 fully saturated rings. The van der Waals surface area contributed by atoms with Crippen molar-refractivity contribution in [2.24, 2.45) is 5.92 Å². The van der Waals surface area contributed by atoms with Gasteiger partial charge in [-0.15, -0.1) is 0 Å². The second kappa shape index (κ2) is 40.7. The van der Waals surface area contributed by atoms with Crippen molar-refractivity contribution in [1.29, 1.82) is 0 Å². The van der Waals surface area contributed by atoms with Gasteiger partial charge in [0.25, 0.3) is 0 Å². The van der Waals surface area contributed by atoms with Gasteiger partial charge in [0.15, 0.2) is 45.9 Å². The molecule has 0 amide bonds. The monoisotopic (exact) mass is 1980 g/mol. The average molecular weight is 1980 g/mol. The molecule has 22 heterocycles. The number of benzene rings is 4. The van der Waals surface area contributed by atoms with Gasteiger partial charge in [0.2, 0.25) is 0 Å². The van der Waals surface area contributed by atoms with Crippen LogP contribution >= 0.6 is 0 Å². The summed E-state index contributed by atoms with van der Waals surface area (Å²) in [6, 6.07) is 44.6. The smallest absolute Gasteiger partial charge is 0.181 e. The van der Waals surface area contributed by atoms with E-state index in [4.69, 9.17) is 19.9 Å². The lowest BCUT2D eigenvalue weighted by atomic mass is 9.98. The number of halogens is 4. The number of H-pyrrole nitrogens is 8. The third-order valence-electron chi connectivity index (χ3n) is 27.1. The van der Waals surface area contributed by atoms with Crippen molar-refractivity contribution in [3.63, 3.8) is 0 Å². The molecule has 738 valence electrons. The molecule has 149 heavy (non-hydrogen) atoms. The number of hydrogen-bond donors (Lipinski definition) is 8. The van der Waals surface area contributed by atoms with E-state index in [-0.39, 0.29) is 23.3 Å². The molecule has 0 unspecified atom stereocenters. The number of aromatic nitrogens is 28. The van der Waals surface area contributed by atoms with Crippen LogP contribution in [0.3, 0.4) is 0 Å². The van der Waals surface area contributed by atoms with Crippen LogP contribution in [0.5, 0.6) is 0 Å². The van der Waals surface area contributed by atoms with E-state index >= 15 is 0 Å². The maximum atomic E-state index is 14.9. The summed E-state index contributed by atoms with van der Waals surface area (Å²) in [4.78, 5) is 94.7. The minimum Gasteiger partial charge on any atom is -0.371 e. The molecule has 0 saturated carbocycles. The van der Waals surface area contributed by atoms with E-state index in [1.165, 1.54) is 18.6 Å². The van der Waals surface area contributed by atoms with Crippen molar-refractivity contribution in [2.75, 3.05) is 50.1 Å². The summed E-state index contributed by atoms with van der Waals surface area (Å²) in [5.41, 5.74) is 28.6. The number of fused-ring (bicyclic) bond motifs is 8. The van der Waals surface area contributed by atoms with Crippen LogP contribution in [0, 0.1) is 29.2 Å². The molecule has 0 bridgehead atoms. The molecule has 0 radical (unpaired) electrons. The van der Waals surface area contributed by atoms with E-state index in [1.54, 1.807) is 154 Å². The average Bonchev–Trinajstić information content (AvgIpc) is 1.63. The molecule has 24 aromatic rings. The van der Waals surface area contributed by atoms with E-state index in [9.17, 15) is 17.6 Å². The molecule has 32 nitrogen and oxygen atoms in total. The predicted molar refractivity (Wildman–Crippen MR) is 571 cm³/mol. The van der Waals surface area contributed by atoms with Gasteiger partial charge in [-0.3, -0.25) is 65.2 Å². The van der Waals surface area contributed by atoms with E-state index in [1.807, 2.05) is 111 Å². The highest BCUT2D eigenvalue weighted by Crippen LogP contribution is 2.42. The first-order valence-electron chi connectivity index (χ1n) is 49.2. The number of rotatable bonds is 20. The third kappa shape index (κ3) is 19.7. The fraction of sp³-hybridized carbons (Fsp3) is 0.186. The van der Waals surface area contributed by atoms with Gasteiger partial charge in [0.1, 0.15) is 46.0 Å². The Hall–Kier alpha value is -18.3. The van der Waals surface area contributed by atoms with Crippen LogP contribution in [0.4, 0.5) is 28.9 Å². The van der Waals surface area contributed by atoms with Gasteiger partial charge in [-0.25, -0.2) is 57.4 Å². The lowest BCUT2D eigenvalue weighted by Gasteiger charge is -2.32. The van der Waals surface area contributed by atoms with Gasteiger partial charge in [-0.05, 0) is 228 Å². The number of nitrogens with one attached hydrogen (secondary N) is 8. The Bertz CT molecular complexity index is 9020. The highest BCUT2D eigenvalue weighted by Gasteiger charge is 2.27. The summed E-state index contributed by atoms with van der Waals surface area (Å²) in [5, 5.41) is 33.2. The highest BCUT2D eigenvalue weighted by molar-refractivity contribution is 6.02. The zero-order valence-electron chi connectivity index (χ0n) is 82.2. The van der Waals surface area contributed by atoms with Crippen LogP contribution in [-0.4, -0.2) is 203 Å². The first-order chi connectivity index (χ1) is 72.8. The first-order valence-corrected chi connectivity index (χ1v) is 49.2. The number of imidazole rings is 4. The SMILES string of the molecule is CC(C)N(Cc1cc(F)cc(-c2cncc3[nH]c(-c4[nH]nc5ncc(-c6cccnc6)cc45)nc23)c1)C(C)C.CC1CCN(c2cc(F)cc(-c3cncc4[nH]c(-c5[nH]nc6ncc(-c7cccnc7)cc56)nc34)c2)CC1.CN(C)Cc1cncc(-c2cnc3n[nH]c(-c4nc5c(-c6cccc(F)c6)cncc5[nH]4)c3c2)c1.Fc1cc(-c2cncc3[nH]c(-c4[nH]nc5ncc(-c6cccnc6)cc45)nc23)cc(N2CCCCC2)c1. The Labute approximate surface area is 849 Å². The van der Waals surface area contributed by atoms with E-state index in [0.29, 0.717) is 92.7 Å². The molecule has 0 aliphatic carbocycles. The lowest BCUT2D eigenvalue weighted by Crippen LogP contribution is -2.36. The molecule has 0 atom stereocenters. The van der Waals surface area contributed by atoms with Gasteiger partial charge in [-0.1, -0.05) is 37.3 Å². The molecular formula is C113H98F4N32. The van der Waals surface area contributed by atoms with Crippen molar-refractivity contribution in [2.45, 2.75) is 91.9 Å².